The summed E-state index contributed by atoms with van der Waals surface area (Å²) < 4.78 is 0. The Morgan fingerprint density at radius 3 is 2.67 bits per heavy atom. The summed E-state index contributed by atoms with van der Waals surface area (Å²) in [5.74, 6) is 0.918. The van der Waals surface area contributed by atoms with Crippen LogP contribution in [0.4, 0.5) is 0 Å². The molecule has 0 saturated heterocycles. The van der Waals surface area contributed by atoms with Gasteiger partial charge in [-0.15, -0.1) is 12.4 Å². The number of carbonyl (C=O) groups excluding carboxylic acids is 1. The number of rotatable bonds is 8. The Bertz CT molecular complexity index is 251. The molecule has 1 saturated carbocycles. The fourth-order valence-corrected chi connectivity index (χ4v) is 2.23. The zero-order valence-electron chi connectivity index (χ0n) is 11.5. The molecular weight excluding hydrogens is 270 g/mol. The van der Waals surface area contributed by atoms with Crippen molar-refractivity contribution >= 4 is 30.1 Å². The Morgan fingerprint density at radius 2 is 2.17 bits per heavy atom. The van der Waals surface area contributed by atoms with Crippen LogP contribution in [0.3, 0.4) is 0 Å². The minimum atomic E-state index is -0.360. The van der Waals surface area contributed by atoms with Crippen LogP contribution in [0, 0.1) is 0 Å². The highest BCUT2D eigenvalue weighted by Gasteiger charge is 2.29. The van der Waals surface area contributed by atoms with Gasteiger partial charge in [0.15, 0.2) is 0 Å². The van der Waals surface area contributed by atoms with Gasteiger partial charge in [-0.25, -0.2) is 0 Å². The summed E-state index contributed by atoms with van der Waals surface area (Å²) in [6.07, 6.45) is 5.36. The summed E-state index contributed by atoms with van der Waals surface area (Å²) in [5.41, 5.74) is 5.80. The molecule has 0 aromatic rings. The van der Waals surface area contributed by atoms with Gasteiger partial charge in [-0.05, 0) is 45.2 Å². The Hall–Kier alpha value is 0.0300. The van der Waals surface area contributed by atoms with Gasteiger partial charge in [0.05, 0.1) is 6.04 Å². The Kier molecular flexibility index (Phi) is 9.03. The second kappa shape index (κ2) is 9.02. The van der Waals surface area contributed by atoms with Crippen LogP contribution in [0.5, 0.6) is 0 Å². The molecule has 4 nitrogen and oxygen atoms in total. The van der Waals surface area contributed by atoms with Gasteiger partial charge < -0.3 is 11.1 Å². The first kappa shape index (κ1) is 18.0. The normalized spacial score (nSPS) is 18.1. The van der Waals surface area contributed by atoms with Crippen molar-refractivity contribution in [1.29, 1.82) is 0 Å². The Balaban J connectivity index is 0.00000289. The molecule has 1 fully saturated rings. The fourth-order valence-electron chi connectivity index (χ4n) is 1.74. The molecule has 108 valence electrons. The molecule has 1 rings (SSSR count). The van der Waals surface area contributed by atoms with E-state index in [9.17, 15) is 4.79 Å². The van der Waals surface area contributed by atoms with Crippen LogP contribution in [-0.4, -0.2) is 54.5 Å². The highest BCUT2D eigenvalue weighted by molar-refractivity contribution is 7.98. The van der Waals surface area contributed by atoms with Crippen molar-refractivity contribution in [2.75, 3.05) is 25.6 Å². The maximum Gasteiger partial charge on any atom is 0.237 e. The zero-order valence-corrected chi connectivity index (χ0v) is 13.1. The van der Waals surface area contributed by atoms with Crippen molar-refractivity contribution in [3.8, 4) is 0 Å². The Morgan fingerprint density at radius 1 is 1.56 bits per heavy atom. The van der Waals surface area contributed by atoms with E-state index in [1.54, 1.807) is 11.8 Å². The third kappa shape index (κ3) is 6.27. The zero-order chi connectivity index (χ0) is 12.8. The number of thioether (sulfide) groups is 1. The van der Waals surface area contributed by atoms with Crippen LogP contribution in [0.25, 0.3) is 0 Å². The number of hydrogen-bond donors (Lipinski definition) is 2. The van der Waals surface area contributed by atoms with Gasteiger partial charge in [0.2, 0.25) is 5.91 Å². The standard InChI is InChI=1S/C12H25N3OS.ClH/c1-9(15(2)10-4-5-10)8-14-12(16)11(13)6-7-17-3;/h9-11H,4-8,13H2,1-3H3,(H,14,16);1H/t9?,11-;/m0./s1. The highest BCUT2D eigenvalue weighted by atomic mass is 35.5. The lowest BCUT2D eigenvalue weighted by Crippen LogP contribution is -2.46. The molecule has 18 heavy (non-hydrogen) atoms. The van der Waals surface area contributed by atoms with Gasteiger partial charge in [-0.2, -0.15) is 11.8 Å². The summed E-state index contributed by atoms with van der Waals surface area (Å²) in [6.45, 7) is 2.84. The van der Waals surface area contributed by atoms with Crippen LogP contribution >= 0.6 is 24.2 Å². The number of nitrogens with one attached hydrogen (secondary N) is 1. The fraction of sp³-hybridized carbons (Fsp3) is 0.917. The maximum atomic E-state index is 11.7. The maximum absolute atomic E-state index is 11.7. The molecule has 0 aromatic carbocycles. The van der Waals surface area contributed by atoms with Crippen LogP contribution in [0.1, 0.15) is 26.2 Å². The molecule has 0 bridgehead atoms. The van der Waals surface area contributed by atoms with Crippen molar-refractivity contribution in [2.45, 2.75) is 44.3 Å². The van der Waals surface area contributed by atoms with Crippen molar-refractivity contribution in [1.82, 2.24) is 10.2 Å². The summed E-state index contributed by atoms with van der Waals surface area (Å²) in [5, 5.41) is 2.94. The summed E-state index contributed by atoms with van der Waals surface area (Å²) in [6, 6.07) is 0.757. The number of halogens is 1. The lowest BCUT2D eigenvalue weighted by atomic mass is 10.2. The smallest absolute Gasteiger partial charge is 0.237 e. The third-order valence-corrected chi connectivity index (χ3v) is 4.00. The predicted molar refractivity (Wildman–Crippen MR) is 81.5 cm³/mol. The minimum Gasteiger partial charge on any atom is -0.353 e. The predicted octanol–water partition coefficient (Wildman–Crippen LogP) is 1.09. The molecule has 1 aliphatic rings. The van der Waals surface area contributed by atoms with E-state index in [0.29, 0.717) is 12.6 Å². The second-order valence-corrected chi connectivity index (χ2v) is 5.86. The molecule has 2 atom stereocenters. The molecule has 3 N–H and O–H groups in total. The molecule has 1 amide bonds. The topological polar surface area (TPSA) is 58.4 Å². The van der Waals surface area contributed by atoms with Crippen molar-refractivity contribution in [3.05, 3.63) is 0 Å². The largest absolute Gasteiger partial charge is 0.353 e. The number of hydrogen-bond acceptors (Lipinski definition) is 4. The van der Waals surface area contributed by atoms with E-state index in [1.165, 1.54) is 12.8 Å². The molecule has 6 heteroatoms. The van der Waals surface area contributed by atoms with Gasteiger partial charge >= 0.3 is 0 Å². The monoisotopic (exact) mass is 295 g/mol. The second-order valence-electron chi connectivity index (χ2n) is 4.88. The van der Waals surface area contributed by atoms with Crippen molar-refractivity contribution < 1.29 is 4.79 Å². The first-order chi connectivity index (χ1) is 8.06. The molecule has 0 spiro atoms. The van der Waals surface area contributed by atoms with Crippen LogP contribution in [0.15, 0.2) is 0 Å². The minimum absolute atomic E-state index is 0. The molecule has 0 aromatic heterocycles. The summed E-state index contributed by atoms with van der Waals surface area (Å²) in [4.78, 5) is 14.0. The summed E-state index contributed by atoms with van der Waals surface area (Å²) >= 11 is 1.72. The Labute approximate surface area is 121 Å². The quantitative estimate of drug-likeness (QED) is 0.704. The lowest BCUT2D eigenvalue weighted by molar-refractivity contribution is -0.122. The highest BCUT2D eigenvalue weighted by Crippen LogP contribution is 2.26. The van der Waals surface area contributed by atoms with E-state index in [2.05, 4.69) is 24.2 Å². The SMILES string of the molecule is CSCC[C@H](N)C(=O)NCC(C)N(C)C1CC1.Cl. The molecule has 0 aliphatic heterocycles. The van der Waals surface area contributed by atoms with Crippen molar-refractivity contribution in [3.63, 3.8) is 0 Å². The number of amides is 1. The molecular formula is C12H26ClN3OS. The molecule has 0 radical (unpaired) electrons. The van der Waals surface area contributed by atoms with Gasteiger partial charge in [-0.1, -0.05) is 0 Å². The van der Waals surface area contributed by atoms with Crippen LogP contribution in [0.2, 0.25) is 0 Å². The molecule has 1 aliphatic carbocycles. The molecule has 0 heterocycles. The third-order valence-electron chi connectivity index (χ3n) is 3.36. The van der Waals surface area contributed by atoms with E-state index >= 15 is 0 Å². The van der Waals surface area contributed by atoms with Crippen molar-refractivity contribution in [2.24, 2.45) is 5.73 Å². The van der Waals surface area contributed by atoms with E-state index < -0.39 is 0 Å². The number of likely N-dealkylation sites (N-methyl/N-ethyl adjacent to an activating group) is 1. The van der Waals surface area contributed by atoms with Gasteiger partial charge in [0.25, 0.3) is 0 Å². The van der Waals surface area contributed by atoms with E-state index in [4.69, 9.17) is 5.73 Å². The van der Waals surface area contributed by atoms with Gasteiger partial charge in [0.1, 0.15) is 0 Å². The first-order valence-electron chi connectivity index (χ1n) is 6.30. The van der Waals surface area contributed by atoms with Gasteiger partial charge in [0, 0.05) is 18.6 Å². The molecule has 1 unspecified atom stereocenters. The lowest BCUT2D eigenvalue weighted by Gasteiger charge is -2.25. The van der Waals surface area contributed by atoms with E-state index in [-0.39, 0.29) is 24.4 Å². The average molecular weight is 296 g/mol. The van der Waals surface area contributed by atoms with E-state index in [0.717, 1.165) is 18.2 Å². The average Bonchev–Trinajstić information content (AvgIpc) is 3.15. The van der Waals surface area contributed by atoms with Gasteiger partial charge in [-0.3, -0.25) is 9.69 Å². The van der Waals surface area contributed by atoms with E-state index in [1.807, 2.05) is 6.26 Å². The number of carbonyl (C=O) groups is 1. The summed E-state index contributed by atoms with van der Waals surface area (Å²) in [7, 11) is 2.13. The number of nitrogens with two attached hydrogens (primary N) is 1. The first-order valence-corrected chi connectivity index (χ1v) is 7.69. The van der Waals surface area contributed by atoms with Crippen LogP contribution in [-0.2, 0) is 4.79 Å². The number of nitrogens with zero attached hydrogens (tertiary/aromatic N) is 1. The van der Waals surface area contributed by atoms with Crippen LogP contribution < -0.4 is 11.1 Å².